The summed E-state index contributed by atoms with van der Waals surface area (Å²) >= 11 is 0. The van der Waals surface area contributed by atoms with Gasteiger partial charge < -0.3 is 4.74 Å². The van der Waals surface area contributed by atoms with E-state index < -0.39 is 16.0 Å². The van der Waals surface area contributed by atoms with Crippen molar-refractivity contribution >= 4 is 21.7 Å². The van der Waals surface area contributed by atoms with Crippen molar-refractivity contribution in [3.05, 3.63) is 41.1 Å². The summed E-state index contributed by atoms with van der Waals surface area (Å²) in [6, 6.07) is 6.88. The summed E-state index contributed by atoms with van der Waals surface area (Å²) < 4.78 is 32.2. The molecule has 0 saturated heterocycles. The Kier molecular flexibility index (Phi) is 4.51. The van der Waals surface area contributed by atoms with Crippen LogP contribution in [0.1, 0.15) is 28.5 Å². The van der Waals surface area contributed by atoms with Gasteiger partial charge in [-0.15, -0.1) is 0 Å². The number of anilines is 1. The molecule has 0 aliphatic rings. The van der Waals surface area contributed by atoms with Gasteiger partial charge in [0.15, 0.2) is 0 Å². The van der Waals surface area contributed by atoms with E-state index in [0.717, 1.165) is 5.56 Å². The van der Waals surface area contributed by atoms with E-state index in [4.69, 9.17) is 4.74 Å². The molecule has 7 nitrogen and oxygen atoms in total. The highest BCUT2D eigenvalue weighted by Gasteiger charge is 2.29. The average molecular weight is 323 g/mol. The number of sulfonamides is 1. The Morgan fingerprint density at radius 1 is 1.36 bits per heavy atom. The van der Waals surface area contributed by atoms with Gasteiger partial charge in [0.25, 0.3) is 10.0 Å². The van der Waals surface area contributed by atoms with Gasteiger partial charge in [-0.3, -0.25) is 9.82 Å². The monoisotopic (exact) mass is 323 g/mol. The van der Waals surface area contributed by atoms with Gasteiger partial charge in [-0.2, -0.15) is 13.5 Å². The third-order valence-electron chi connectivity index (χ3n) is 2.92. The molecule has 0 aliphatic heterocycles. The number of aryl methyl sites for hydroxylation is 2. The Labute approximate surface area is 128 Å². The molecule has 0 atom stereocenters. The fraction of sp³-hybridized carbons (Fsp3) is 0.286. The Morgan fingerprint density at radius 3 is 2.73 bits per heavy atom. The minimum atomic E-state index is -4.00. The zero-order chi connectivity index (χ0) is 16.3. The first kappa shape index (κ1) is 16.0. The lowest BCUT2D eigenvalue weighted by molar-refractivity contribution is 0.0521. The van der Waals surface area contributed by atoms with Crippen molar-refractivity contribution in [3.63, 3.8) is 0 Å². The van der Waals surface area contributed by atoms with E-state index in [9.17, 15) is 13.2 Å². The number of hydrogen-bond acceptors (Lipinski definition) is 5. The number of nitrogens with zero attached hydrogens (tertiary/aromatic N) is 1. The zero-order valence-corrected chi connectivity index (χ0v) is 13.3. The minimum absolute atomic E-state index is 0.0815. The van der Waals surface area contributed by atoms with Crippen molar-refractivity contribution in [1.29, 1.82) is 0 Å². The maximum Gasteiger partial charge on any atom is 0.343 e. The molecule has 0 amide bonds. The first-order valence-electron chi connectivity index (χ1n) is 6.66. The van der Waals surface area contributed by atoms with Crippen LogP contribution in [0, 0.1) is 13.8 Å². The fourth-order valence-electron chi connectivity index (χ4n) is 1.96. The Morgan fingerprint density at radius 2 is 2.09 bits per heavy atom. The van der Waals surface area contributed by atoms with Crippen molar-refractivity contribution in [3.8, 4) is 0 Å². The van der Waals surface area contributed by atoms with Gasteiger partial charge >= 0.3 is 5.97 Å². The molecule has 0 aliphatic carbocycles. The molecule has 1 aromatic heterocycles. The number of esters is 1. The van der Waals surface area contributed by atoms with Crippen molar-refractivity contribution < 1.29 is 17.9 Å². The molecule has 118 valence electrons. The summed E-state index contributed by atoms with van der Waals surface area (Å²) in [4.78, 5) is 11.9. The first-order valence-corrected chi connectivity index (χ1v) is 8.15. The van der Waals surface area contributed by atoms with Gasteiger partial charge in [-0.05, 0) is 38.5 Å². The van der Waals surface area contributed by atoms with Crippen LogP contribution in [0.2, 0.25) is 0 Å². The number of H-pyrrole nitrogens is 1. The van der Waals surface area contributed by atoms with Gasteiger partial charge in [-0.25, -0.2) is 4.79 Å². The molecule has 0 radical (unpaired) electrons. The van der Waals surface area contributed by atoms with Gasteiger partial charge in [-0.1, -0.05) is 12.1 Å². The second-order valence-electron chi connectivity index (χ2n) is 4.72. The Balaban J connectivity index is 2.40. The smallest absolute Gasteiger partial charge is 0.343 e. The largest absolute Gasteiger partial charge is 0.462 e. The molecule has 1 heterocycles. The number of benzene rings is 1. The normalized spacial score (nSPS) is 11.2. The second-order valence-corrected chi connectivity index (χ2v) is 6.32. The number of ether oxygens (including phenoxy) is 1. The first-order chi connectivity index (χ1) is 10.3. The van der Waals surface area contributed by atoms with Crippen molar-refractivity contribution in [1.82, 2.24) is 10.2 Å². The van der Waals surface area contributed by atoms with E-state index in [1.807, 2.05) is 13.0 Å². The summed E-state index contributed by atoms with van der Waals surface area (Å²) in [6.45, 7) is 5.20. The number of rotatable bonds is 5. The highest BCUT2D eigenvalue weighted by atomic mass is 32.2. The quantitative estimate of drug-likeness (QED) is 0.820. The SMILES string of the molecule is CCOC(=O)c1c(S(=O)(=O)Nc2cccc(C)c2)n[nH]c1C. The minimum Gasteiger partial charge on any atom is -0.462 e. The molecule has 0 unspecified atom stereocenters. The van der Waals surface area contributed by atoms with E-state index in [0.29, 0.717) is 11.4 Å². The average Bonchev–Trinajstić information content (AvgIpc) is 2.81. The summed E-state index contributed by atoms with van der Waals surface area (Å²) in [6.07, 6.45) is 0. The number of hydrogen-bond donors (Lipinski definition) is 2. The summed E-state index contributed by atoms with van der Waals surface area (Å²) in [5, 5.41) is 5.87. The van der Waals surface area contributed by atoms with Crippen molar-refractivity contribution in [2.75, 3.05) is 11.3 Å². The lowest BCUT2D eigenvalue weighted by Gasteiger charge is -2.08. The molecule has 0 bridgehead atoms. The van der Waals surface area contributed by atoms with Crippen LogP contribution in [0.5, 0.6) is 0 Å². The molecule has 0 fully saturated rings. The van der Waals surface area contributed by atoms with Gasteiger partial charge in [0.1, 0.15) is 5.56 Å². The maximum atomic E-state index is 12.5. The van der Waals surface area contributed by atoms with Gasteiger partial charge in [0, 0.05) is 11.4 Å². The van der Waals surface area contributed by atoms with E-state index in [2.05, 4.69) is 14.9 Å². The number of aromatic amines is 1. The standard InChI is InChI=1S/C14H17N3O4S/c1-4-21-14(18)12-10(3)15-16-13(12)22(19,20)17-11-7-5-6-9(2)8-11/h5-8,17H,4H2,1-3H3,(H,15,16). The highest BCUT2D eigenvalue weighted by Crippen LogP contribution is 2.21. The van der Waals surface area contributed by atoms with E-state index in [-0.39, 0.29) is 17.2 Å². The molecule has 0 saturated carbocycles. The summed E-state index contributed by atoms with van der Waals surface area (Å²) in [5.41, 5.74) is 1.56. The van der Waals surface area contributed by atoms with Crippen LogP contribution in [-0.4, -0.2) is 31.2 Å². The predicted molar refractivity (Wildman–Crippen MR) is 81.3 cm³/mol. The number of carbonyl (C=O) groups excluding carboxylic acids is 1. The van der Waals surface area contributed by atoms with Gasteiger partial charge in [0.2, 0.25) is 5.03 Å². The van der Waals surface area contributed by atoms with Crippen LogP contribution in [0.4, 0.5) is 5.69 Å². The highest BCUT2D eigenvalue weighted by molar-refractivity contribution is 7.92. The van der Waals surface area contributed by atoms with Gasteiger partial charge in [0.05, 0.1) is 6.61 Å². The lowest BCUT2D eigenvalue weighted by Crippen LogP contribution is -2.18. The third-order valence-corrected chi connectivity index (χ3v) is 4.23. The van der Waals surface area contributed by atoms with Crippen molar-refractivity contribution in [2.45, 2.75) is 25.8 Å². The summed E-state index contributed by atoms with van der Waals surface area (Å²) in [5.74, 6) is -0.724. The Bertz CT molecular complexity index is 796. The number of carbonyl (C=O) groups is 1. The third kappa shape index (κ3) is 3.28. The molecule has 2 rings (SSSR count). The van der Waals surface area contributed by atoms with Crippen LogP contribution >= 0.6 is 0 Å². The van der Waals surface area contributed by atoms with Crippen molar-refractivity contribution in [2.24, 2.45) is 0 Å². The van der Waals surface area contributed by atoms with Crippen LogP contribution in [0.25, 0.3) is 0 Å². The van der Waals surface area contributed by atoms with E-state index in [1.165, 1.54) is 0 Å². The zero-order valence-electron chi connectivity index (χ0n) is 12.5. The molecule has 8 heteroatoms. The van der Waals surface area contributed by atoms with E-state index in [1.54, 1.807) is 32.0 Å². The van der Waals surface area contributed by atoms with Crippen LogP contribution in [-0.2, 0) is 14.8 Å². The molecule has 0 spiro atoms. The maximum absolute atomic E-state index is 12.5. The van der Waals surface area contributed by atoms with Crippen LogP contribution in [0.15, 0.2) is 29.3 Å². The lowest BCUT2D eigenvalue weighted by atomic mass is 10.2. The number of aromatic nitrogens is 2. The topological polar surface area (TPSA) is 101 Å². The van der Waals surface area contributed by atoms with Crippen LogP contribution in [0.3, 0.4) is 0 Å². The number of nitrogens with one attached hydrogen (secondary N) is 2. The van der Waals surface area contributed by atoms with E-state index >= 15 is 0 Å². The summed E-state index contributed by atoms with van der Waals surface area (Å²) in [7, 11) is -4.00. The molecule has 2 N–H and O–H groups in total. The van der Waals surface area contributed by atoms with Crippen LogP contribution < -0.4 is 4.72 Å². The second kappa shape index (κ2) is 6.18. The molecular formula is C14H17N3O4S. The fourth-order valence-corrected chi connectivity index (χ4v) is 3.16. The molecular weight excluding hydrogens is 306 g/mol. The molecule has 22 heavy (non-hydrogen) atoms. The molecule has 2 aromatic rings. The molecule has 1 aromatic carbocycles. The Hall–Kier alpha value is -2.35. The predicted octanol–water partition coefficient (Wildman–Crippen LogP) is 2.00.